The molecule has 5 aromatic rings. The molecule has 0 aliphatic carbocycles. The number of carbonyl (C=O) groups excluding carboxylic acids is 6. The van der Waals surface area contributed by atoms with E-state index >= 15 is 0 Å². The molecule has 0 fully saturated rings. The molecular weight excluding hydrogens is 764 g/mol. The fraction of sp³-hybridized carbons (Fsp3) is 0.220. The first-order chi connectivity index (χ1) is 28.2. The summed E-state index contributed by atoms with van der Waals surface area (Å²) in [6, 6.07) is 18.1. The van der Waals surface area contributed by atoms with Gasteiger partial charge in [-0.25, -0.2) is 4.90 Å². The van der Waals surface area contributed by atoms with Crippen molar-refractivity contribution in [3.8, 4) is 0 Å². The summed E-state index contributed by atoms with van der Waals surface area (Å²) >= 11 is 0. The second kappa shape index (κ2) is 16.2. The van der Waals surface area contributed by atoms with Crippen LogP contribution in [0.15, 0.2) is 78.9 Å². The molecule has 18 nitrogen and oxygen atoms in total. The van der Waals surface area contributed by atoms with Crippen molar-refractivity contribution < 1.29 is 38.6 Å². The molecule has 0 saturated carbocycles. The first-order valence-electron chi connectivity index (χ1n) is 18.5. The Morgan fingerprint density at radius 1 is 0.627 bits per heavy atom. The zero-order chi connectivity index (χ0) is 42.1. The number of imide groups is 2. The highest BCUT2D eigenvalue weighted by atomic mass is 16.6. The summed E-state index contributed by atoms with van der Waals surface area (Å²) in [5.74, 6) is -4.04. The molecule has 0 radical (unpaired) electrons. The summed E-state index contributed by atoms with van der Waals surface area (Å²) in [4.78, 5) is 107. The topological polar surface area (TPSA) is 235 Å². The van der Waals surface area contributed by atoms with Crippen molar-refractivity contribution >= 4 is 74.1 Å². The van der Waals surface area contributed by atoms with E-state index in [0.717, 1.165) is 21.9 Å². The highest BCUT2D eigenvalue weighted by Gasteiger charge is 2.37. The highest BCUT2D eigenvalue weighted by molar-refractivity contribution is 6.36. The van der Waals surface area contributed by atoms with Crippen LogP contribution in [0.25, 0.3) is 21.5 Å². The number of nitrogens with zero attached hydrogens (tertiary/aromatic N) is 5. The third-order valence-electron chi connectivity index (χ3n) is 10.0. The van der Waals surface area contributed by atoms with Crippen LogP contribution < -0.4 is 20.9 Å². The van der Waals surface area contributed by atoms with E-state index in [-0.39, 0.29) is 82.0 Å². The summed E-state index contributed by atoms with van der Waals surface area (Å²) in [5.41, 5.74) is -0.480. The Labute approximate surface area is 335 Å². The number of carbonyl (C=O) groups is 6. The Bertz CT molecular complexity index is 2660. The maximum absolute atomic E-state index is 14.0. The van der Waals surface area contributed by atoms with Crippen molar-refractivity contribution in [2.45, 2.75) is 6.42 Å². The minimum atomic E-state index is -0.870. The van der Waals surface area contributed by atoms with E-state index in [1.807, 2.05) is 19.0 Å². The van der Waals surface area contributed by atoms with E-state index < -0.39 is 45.3 Å². The van der Waals surface area contributed by atoms with Gasteiger partial charge in [0.1, 0.15) is 0 Å². The van der Waals surface area contributed by atoms with Crippen LogP contribution in [-0.4, -0.2) is 108 Å². The standard InChI is InChI=1S/C41H36N8O10/c1-45(2)14-5-10-43-36(50)25-16-26(20-27(19-25)47-40(54)31-9-4-7-24-18-29(49(58)59)22-33(35(24)31)41(47)55)37(51)44-12-11-42-13-15-46-38(52)30-8-3-6-23-17-28(48(56)57)21-32(34(23)30)39(46)53/h3-4,6-9,16-22,42H,5,10-15H2,1-2H3,(H,43,50)(H,44,51). The molecule has 2 heterocycles. The molecule has 0 spiro atoms. The van der Waals surface area contributed by atoms with Gasteiger partial charge in [-0.2, -0.15) is 0 Å². The van der Waals surface area contributed by atoms with Crippen LogP contribution in [-0.2, 0) is 0 Å². The van der Waals surface area contributed by atoms with Gasteiger partial charge in [0, 0.05) is 90.0 Å². The van der Waals surface area contributed by atoms with Gasteiger partial charge in [-0.05, 0) is 68.2 Å². The fourth-order valence-electron chi connectivity index (χ4n) is 7.27. The van der Waals surface area contributed by atoms with Crippen molar-refractivity contribution in [1.82, 2.24) is 25.8 Å². The van der Waals surface area contributed by atoms with E-state index in [2.05, 4.69) is 16.0 Å². The number of benzene rings is 5. The molecule has 2 aliphatic rings. The molecule has 18 heteroatoms. The Morgan fingerprint density at radius 2 is 1.14 bits per heavy atom. The molecule has 0 aromatic heterocycles. The van der Waals surface area contributed by atoms with E-state index in [0.29, 0.717) is 35.7 Å². The Morgan fingerprint density at radius 3 is 1.69 bits per heavy atom. The second-order valence-corrected chi connectivity index (χ2v) is 14.2. The minimum Gasteiger partial charge on any atom is -0.352 e. The zero-order valence-corrected chi connectivity index (χ0v) is 31.8. The number of hydrogen-bond donors (Lipinski definition) is 3. The maximum atomic E-state index is 14.0. The summed E-state index contributed by atoms with van der Waals surface area (Å²) in [7, 11) is 3.78. The van der Waals surface area contributed by atoms with Gasteiger partial charge in [0.2, 0.25) is 0 Å². The Hall–Kier alpha value is -7.44. The molecule has 0 saturated heterocycles. The summed E-state index contributed by atoms with van der Waals surface area (Å²) in [5, 5.41) is 33.2. The van der Waals surface area contributed by atoms with Gasteiger partial charge >= 0.3 is 0 Å². The number of non-ortho nitro benzene ring substituents is 2. The molecule has 7 rings (SSSR count). The highest BCUT2D eigenvalue weighted by Crippen LogP contribution is 2.37. The monoisotopic (exact) mass is 800 g/mol. The van der Waals surface area contributed by atoms with Crippen molar-refractivity contribution in [3.63, 3.8) is 0 Å². The largest absolute Gasteiger partial charge is 0.352 e. The first kappa shape index (κ1) is 39.8. The Balaban J connectivity index is 1.06. The van der Waals surface area contributed by atoms with Crippen LogP contribution in [0.3, 0.4) is 0 Å². The van der Waals surface area contributed by atoms with Gasteiger partial charge in [-0.1, -0.05) is 24.3 Å². The third kappa shape index (κ3) is 7.68. The summed E-state index contributed by atoms with van der Waals surface area (Å²) in [6.45, 7) is 1.23. The predicted octanol–water partition coefficient (Wildman–Crippen LogP) is 3.91. The maximum Gasteiger partial charge on any atom is 0.270 e. The van der Waals surface area contributed by atoms with Crippen LogP contribution in [0.5, 0.6) is 0 Å². The van der Waals surface area contributed by atoms with Crippen LogP contribution in [0.4, 0.5) is 17.1 Å². The molecule has 59 heavy (non-hydrogen) atoms. The normalized spacial score (nSPS) is 13.4. The average Bonchev–Trinajstić information content (AvgIpc) is 3.21. The van der Waals surface area contributed by atoms with Gasteiger partial charge in [0.25, 0.3) is 46.8 Å². The number of nitro groups is 2. The molecule has 2 aliphatic heterocycles. The molecule has 5 aromatic carbocycles. The van der Waals surface area contributed by atoms with Crippen LogP contribution in [0.1, 0.15) is 68.6 Å². The van der Waals surface area contributed by atoms with Crippen molar-refractivity contribution in [1.29, 1.82) is 0 Å². The molecule has 6 amide bonds. The lowest BCUT2D eigenvalue weighted by atomic mass is 9.92. The second-order valence-electron chi connectivity index (χ2n) is 14.2. The van der Waals surface area contributed by atoms with E-state index in [1.54, 1.807) is 24.3 Å². The molecule has 300 valence electrons. The van der Waals surface area contributed by atoms with Gasteiger partial charge in [-0.15, -0.1) is 0 Å². The average molecular weight is 801 g/mol. The number of nitro benzene ring substituents is 2. The molecule has 0 atom stereocenters. The molecule has 3 N–H and O–H groups in total. The lowest BCUT2D eigenvalue weighted by molar-refractivity contribution is -0.384. The molecule has 0 bridgehead atoms. The molecular formula is C41H36N8O10. The predicted molar refractivity (Wildman–Crippen MR) is 215 cm³/mol. The lowest BCUT2D eigenvalue weighted by Gasteiger charge is -2.28. The van der Waals surface area contributed by atoms with Crippen LogP contribution >= 0.6 is 0 Å². The van der Waals surface area contributed by atoms with Crippen molar-refractivity contribution in [2.24, 2.45) is 0 Å². The Kier molecular flexibility index (Phi) is 10.9. The third-order valence-corrected chi connectivity index (χ3v) is 10.0. The van der Waals surface area contributed by atoms with E-state index in [9.17, 15) is 49.0 Å². The van der Waals surface area contributed by atoms with Crippen molar-refractivity contribution in [3.05, 3.63) is 132 Å². The number of anilines is 1. The van der Waals surface area contributed by atoms with Gasteiger partial charge in [0.05, 0.1) is 26.7 Å². The van der Waals surface area contributed by atoms with E-state index in [1.165, 1.54) is 42.5 Å². The van der Waals surface area contributed by atoms with Crippen LogP contribution in [0, 0.1) is 20.2 Å². The summed E-state index contributed by atoms with van der Waals surface area (Å²) < 4.78 is 0. The number of amides is 6. The first-order valence-corrected chi connectivity index (χ1v) is 18.5. The lowest BCUT2D eigenvalue weighted by Crippen LogP contribution is -2.44. The quantitative estimate of drug-likeness (QED) is 0.0592. The van der Waals surface area contributed by atoms with Gasteiger partial charge < -0.3 is 20.9 Å². The van der Waals surface area contributed by atoms with Gasteiger partial charge in [0.15, 0.2) is 0 Å². The van der Waals surface area contributed by atoms with Crippen LogP contribution in [0.2, 0.25) is 0 Å². The number of hydrogen-bond acceptors (Lipinski definition) is 12. The fourth-order valence-corrected chi connectivity index (χ4v) is 7.27. The smallest absolute Gasteiger partial charge is 0.270 e. The zero-order valence-electron chi connectivity index (χ0n) is 31.8. The number of nitrogens with one attached hydrogen (secondary N) is 3. The minimum absolute atomic E-state index is 0.0160. The van der Waals surface area contributed by atoms with Gasteiger partial charge in [-0.3, -0.25) is 53.9 Å². The summed E-state index contributed by atoms with van der Waals surface area (Å²) in [6.07, 6.45) is 0.619. The van der Waals surface area contributed by atoms with E-state index in [4.69, 9.17) is 0 Å². The SMILES string of the molecule is CN(C)CCCNC(=O)c1cc(C(=O)NCCNCCN2C(=O)c3cccc4cc([N+](=O)[O-])cc(c34)C2=O)cc(N2C(=O)c3cccc4cc([N+](=O)[O-])cc(c34)C2=O)c1. The molecule has 0 unspecified atom stereocenters. The number of rotatable bonds is 15. The van der Waals surface area contributed by atoms with Crippen molar-refractivity contribution in [2.75, 3.05) is 58.3 Å².